The second-order valence-corrected chi connectivity index (χ2v) is 9.60. The maximum absolute atomic E-state index is 12.3. The van der Waals surface area contributed by atoms with E-state index in [1.54, 1.807) is 26.2 Å². The normalized spacial score (nSPS) is 15.3. The van der Waals surface area contributed by atoms with Crippen LogP contribution in [0.3, 0.4) is 0 Å². The molecule has 36 heavy (non-hydrogen) atoms. The summed E-state index contributed by atoms with van der Waals surface area (Å²) in [6.45, 7) is 6.87. The lowest BCUT2D eigenvalue weighted by atomic mass is 10.0. The number of carbonyl (C=O) groups excluding carboxylic acids is 2. The third-order valence-electron chi connectivity index (χ3n) is 6.05. The van der Waals surface area contributed by atoms with Gasteiger partial charge in [-0.25, -0.2) is 9.78 Å². The lowest BCUT2D eigenvalue weighted by Crippen LogP contribution is -2.48. The predicted octanol–water partition coefficient (Wildman–Crippen LogP) is 2.45. The molecule has 1 fully saturated rings. The molecule has 1 amide bonds. The summed E-state index contributed by atoms with van der Waals surface area (Å²) in [6, 6.07) is 4.00. The Labute approximate surface area is 212 Å². The van der Waals surface area contributed by atoms with E-state index in [0.29, 0.717) is 47.9 Å². The summed E-state index contributed by atoms with van der Waals surface area (Å²) in [5.74, 6) is 1.56. The highest BCUT2D eigenvalue weighted by atomic mass is 32.1. The molecule has 2 N–H and O–H groups in total. The van der Waals surface area contributed by atoms with Crippen molar-refractivity contribution in [3.8, 4) is 0 Å². The molecular formula is C24H28N8O3S. The zero-order valence-electron chi connectivity index (χ0n) is 20.3. The number of esters is 1. The first-order valence-corrected chi connectivity index (χ1v) is 12.8. The van der Waals surface area contributed by atoms with Gasteiger partial charge in [-0.05, 0) is 44.4 Å². The fourth-order valence-electron chi connectivity index (χ4n) is 4.43. The molecule has 0 saturated carbocycles. The summed E-state index contributed by atoms with van der Waals surface area (Å²) in [6.07, 6.45) is 5.38. The van der Waals surface area contributed by atoms with Gasteiger partial charge in [0.15, 0.2) is 5.13 Å². The van der Waals surface area contributed by atoms with Crippen LogP contribution in [0.15, 0.2) is 24.5 Å². The smallest absolute Gasteiger partial charge is 0.350 e. The zero-order chi connectivity index (χ0) is 25.1. The number of nitrogens with zero attached hydrogens (tertiary/aromatic N) is 6. The summed E-state index contributed by atoms with van der Waals surface area (Å²) in [4.78, 5) is 47.5. The van der Waals surface area contributed by atoms with Crippen molar-refractivity contribution >= 4 is 45.9 Å². The SMILES string of the molecule is CCOC(=O)c1sc(Nc2nc(N3CCNC(=O)C3)c3c(n2)N(Cc2ccncc2)CCC3)nc1C. The molecule has 2 aliphatic rings. The van der Waals surface area contributed by atoms with E-state index >= 15 is 0 Å². The number of ether oxygens (including phenoxy) is 1. The number of pyridine rings is 1. The molecule has 0 spiro atoms. The van der Waals surface area contributed by atoms with Gasteiger partial charge in [0.25, 0.3) is 0 Å². The number of nitrogens with one attached hydrogen (secondary N) is 2. The minimum Gasteiger partial charge on any atom is -0.462 e. The van der Waals surface area contributed by atoms with Crippen LogP contribution in [0.1, 0.15) is 39.8 Å². The first kappa shape index (κ1) is 23.9. The number of carbonyl (C=O) groups is 2. The molecule has 0 bridgehead atoms. The lowest BCUT2D eigenvalue weighted by molar-refractivity contribution is -0.120. The van der Waals surface area contributed by atoms with Gasteiger partial charge in [0, 0.05) is 44.1 Å². The quantitative estimate of drug-likeness (QED) is 0.460. The van der Waals surface area contributed by atoms with E-state index in [9.17, 15) is 9.59 Å². The van der Waals surface area contributed by atoms with E-state index in [1.165, 1.54) is 11.3 Å². The highest BCUT2D eigenvalue weighted by Crippen LogP contribution is 2.35. The molecular weight excluding hydrogens is 480 g/mol. The number of hydrogen-bond donors (Lipinski definition) is 2. The lowest BCUT2D eigenvalue weighted by Gasteiger charge is -2.35. The highest BCUT2D eigenvalue weighted by molar-refractivity contribution is 7.17. The average Bonchev–Trinajstić information content (AvgIpc) is 3.24. The topological polar surface area (TPSA) is 125 Å². The Bertz CT molecular complexity index is 1270. The number of hydrogen-bond acceptors (Lipinski definition) is 11. The largest absolute Gasteiger partial charge is 0.462 e. The van der Waals surface area contributed by atoms with Crippen LogP contribution in [0.5, 0.6) is 0 Å². The standard InChI is InChI=1S/C24H28N8O3S/c1-3-35-22(34)19-15(2)27-24(36-19)30-23-28-20-17(21(29-23)32-12-10-26-18(33)14-32)5-4-11-31(20)13-16-6-8-25-9-7-16/h6-9H,3-5,10-14H2,1-2H3,(H,26,33)(H,27,28,29,30). The minimum absolute atomic E-state index is 0.0257. The van der Waals surface area contributed by atoms with Crippen molar-refractivity contribution in [2.24, 2.45) is 0 Å². The maximum Gasteiger partial charge on any atom is 0.350 e. The van der Waals surface area contributed by atoms with Crippen molar-refractivity contribution in [2.45, 2.75) is 33.2 Å². The number of fused-ring (bicyclic) bond motifs is 1. The third-order valence-corrected chi connectivity index (χ3v) is 7.11. The van der Waals surface area contributed by atoms with Gasteiger partial charge in [-0.1, -0.05) is 11.3 Å². The number of aromatic nitrogens is 4. The van der Waals surface area contributed by atoms with Gasteiger partial charge < -0.3 is 19.9 Å². The molecule has 1 saturated heterocycles. The Hall–Kier alpha value is -3.80. The van der Waals surface area contributed by atoms with Gasteiger partial charge in [0.05, 0.1) is 18.8 Å². The first-order chi connectivity index (χ1) is 17.5. The number of piperazine rings is 1. The van der Waals surface area contributed by atoms with E-state index in [2.05, 4.69) is 25.5 Å². The van der Waals surface area contributed by atoms with E-state index in [1.807, 2.05) is 17.0 Å². The molecule has 0 radical (unpaired) electrons. The number of anilines is 4. The van der Waals surface area contributed by atoms with Crippen molar-refractivity contribution in [1.82, 2.24) is 25.3 Å². The summed E-state index contributed by atoms with van der Waals surface area (Å²) in [7, 11) is 0. The number of amides is 1. The van der Waals surface area contributed by atoms with Gasteiger partial charge in [-0.2, -0.15) is 9.97 Å². The zero-order valence-corrected chi connectivity index (χ0v) is 21.1. The Balaban J connectivity index is 1.51. The molecule has 188 valence electrons. The number of rotatable bonds is 7. The van der Waals surface area contributed by atoms with Gasteiger partial charge in [-0.3, -0.25) is 15.1 Å². The Kier molecular flexibility index (Phi) is 6.94. The fourth-order valence-corrected chi connectivity index (χ4v) is 5.28. The third kappa shape index (κ3) is 5.08. The average molecular weight is 509 g/mol. The van der Waals surface area contributed by atoms with Crippen LogP contribution in [0, 0.1) is 6.92 Å². The molecule has 0 unspecified atom stereocenters. The first-order valence-electron chi connectivity index (χ1n) is 12.0. The predicted molar refractivity (Wildman–Crippen MR) is 137 cm³/mol. The van der Waals surface area contributed by atoms with Crippen molar-refractivity contribution in [3.05, 3.63) is 46.2 Å². The highest BCUT2D eigenvalue weighted by Gasteiger charge is 2.29. The second kappa shape index (κ2) is 10.4. The number of aryl methyl sites for hydroxylation is 1. The van der Waals surface area contributed by atoms with Crippen LogP contribution in [-0.4, -0.2) is 64.6 Å². The van der Waals surface area contributed by atoms with Crippen molar-refractivity contribution in [2.75, 3.05) is 47.9 Å². The van der Waals surface area contributed by atoms with Crippen molar-refractivity contribution < 1.29 is 14.3 Å². The van der Waals surface area contributed by atoms with Crippen LogP contribution < -0.4 is 20.4 Å². The van der Waals surface area contributed by atoms with Crippen LogP contribution >= 0.6 is 11.3 Å². The molecule has 5 heterocycles. The fraction of sp³-hybridized carbons (Fsp3) is 0.417. The van der Waals surface area contributed by atoms with Crippen LogP contribution in [0.4, 0.5) is 22.7 Å². The van der Waals surface area contributed by atoms with Gasteiger partial charge >= 0.3 is 5.97 Å². The van der Waals surface area contributed by atoms with E-state index in [4.69, 9.17) is 14.7 Å². The summed E-state index contributed by atoms with van der Waals surface area (Å²) in [5, 5.41) is 6.59. The van der Waals surface area contributed by atoms with Gasteiger partial charge in [0.2, 0.25) is 11.9 Å². The minimum atomic E-state index is -0.393. The molecule has 0 atom stereocenters. The van der Waals surface area contributed by atoms with Gasteiger partial charge in [0.1, 0.15) is 16.5 Å². The van der Waals surface area contributed by atoms with E-state index in [-0.39, 0.29) is 12.5 Å². The summed E-state index contributed by atoms with van der Waals surface area (Å²) >= 11 is 1.21. The van der Waals surface area contributed by atoms with Crippen LogP contribution in [0.2, 0.25) is 0 Å². The summed E-state index contributed by atoms with van der Waals surface area (Å²) < 4.78 is 5.14. The number of thiazole rings is 1. The Morgan fingerprint density at radius 3 is 2.78 bits per heavy atom. The molecule has 2 aliphatic heterocycles. The second-order valence-electron chi connectivity index (χ2n) is 8.60. The molecule has 5 rings (SSSR count). The molecule has 3 aromatic rings. The van der Waals surface area contributed by atoms with E-state index in [0.717, 1.165) is 42.1 Å². The molecule has 0 aliphatic carbocycles. The Morgan fingerprint density at radius 1 is 1.19 bits per heavy atom. The maximum atomic E-state index is 12.3. The van der Waals surface area contributed by atoms with Crippen molar-refractivity contribution in [1.29, 1.82) is 0 Å². The molecule has 3 aromatic heterocycles. The van der Waals surface area contributed by atoms with Crippen LogP contribution in [-0.2, 0) is 22.5 Å². The summed E-state index contributed by atoms with van der Waals surface area (Å²) in [5.41, 5.74) is 2.77. The Morgan fingerprint density at radius 2 is 2.00 bits per heavy atom. The van der Waals surface area contributed by atoms with E-state index < -0.39 is 5.97 Å². The monoisotopic (exact) mass is 508 g/mol. The van der Waals surface area contributed by atoms with Gasteiger partial charge in [-0.15, -0.1) is 0 Å². The molecule has 11 nitrogen and oxygen atoms in total. The van der Waals surface area contributed by atoms with Crippen molar-refractivity contribution in [3.63, 3.8) is 0 Å². The molecule has 0 aromatic carbocycles. The molecule has 12 heteroatoms. The van der Waals surface area contributed by atoms with Crippen LogP contribution in [0.25, 0.3) is 0 Å².